The minimum Gasteiger partial charge on any atom is -0.481 e. The van der Waals surface area contributed by atoms with Crippen molar-refractivity contribution in [2.75, 3.05) is 18.0 Å². The maximum Gasteiger partial charge on any atom is 0.308 e. The van der Waals surface area contributed by atoms with Crippen LogP contribution in [0.15, 0.2) is 10.9 Å². The summed E-state index contributed by atoms with van der Waals surface area (Å²) in [4.78, 5) is 28.7. The quantitative estimate of drug-likeness (QED) is 0.783. The summed E-state index contributed by atoms with van der Waals surface area (Å²) in [6.07, 6.45) is 0.596. The molecule has 0 aliphatic carbocycles. The van der Waals surface area contributed by atoms with E-state index < -0.39 is 5.97 Å². The van der Waals surface area contributed by atoms with Crippen molar-refractivity contribution in [3.63, 3.8) is 0 Å². The van der Waals surface area contributed by atoms with Gasteiger partial charge in [-0.15, -0.1) is 0 Å². The van der Waals surface area contributed by atoms with Gasteiger partial charge in [-0.2, -0.15) is 0 Å². The lowest BCUT2D eigenvalue weighted by atomic mass is 10.1. The molecule has 1 fully saturated rings. The number of aromatic nitrogens is 2. The van der Waals surface area contributed by atoms with E-state index in [1.54, 1.807) is 14.0 Å². The van der Waals surface area contributed by atoms with Gasteiger partial charge in [0.05, 0.1) is 5.92 Å². The van der Waals surface area contributed by atoms with Gasteiger partial charge in [0.2, 0.25) is 5.95 Å². The molecule has 1 aromatic heterocycles. The predicted octanol–water partition coefficient (Wildman–Crippen LogP) is -0.000380. The number of aliphatic carboxylic acids is 1. The summed E-state index contributed by atoms with van der Waals surface area (Å²) in [5.41, 5.74) is 0.535. The fourth-order valence-electron chi connectivity index (χ4n) is 2.07. The summed E-state index contributed by atoms with van der Waals surface area (Å²) in [7, 11) is 1.65. The van der Waals surface area contributed by atoms with Crippen LogP contribution in [-0.4, -0.2) is 33.7 Å². The average Bonchev–Trinajstić information content (AvgIpc) is 2.72. The first-order chi connectivity index (χ1) is 7.99. The van der Waals surface area contributed by atoms with Crippen LogP contribution in [-0.2, 0) is 11.8 Å². The molecule has 0 aromatic carbocycles. The summed E-state index contributed by atoms with van der Waals surface area (Å²) < 4.78 is 1.46. The fourth-order valence-corrected chi connectivity index (χ4v) is 2.07. The van der Waals surface area contributed by atoms with Gasteiger partial charge in [-0.3, -0.25) is 14.2 Å². The highest BCUT2D eigenvalue weighted by atomic mass is 16.4. The van der Waals surface area contributed by atoms with Crippen LogP contribution in [0.2, 0.25) is 0 Å². The van der Waals surface area contributed by atoms with Crippen molar-refractivity contribution < 1.29 is 9.90 Å². The first-order valence-electron chi connectivity index (χ1n) is 5.51. The molecule has 1 aliphatic heterocycles. The zero-order valence-electron chi connectivity index (χ0n) is 9.88. The molecular weight excluding hydrogens is 222 g/mol. The summed E-state index contributed by atoms with van der Waals surface area (Å²) in [6.45, 7) is 2.80. The van der Waals surface area contributed by atoms with Crippen molar-refractivity contribution >= 4 is 11.9 Å². The third kappa shape index (κ3) is 2.15. The molecule has 1 unspecified atom stereocenters. The number of nitrogens with zero attached hydrogens (tertiary/aromatic N) is 3. The van der Waals surface area contributed by atoms with Gasteiger partial charge in [0.25, 0.3) is 5.56 Å². The van der Waals surface area contributed by atoms with E-state index in [1.807, 2.05) is 4.90 Å². The molecular formula is C11H15N3O3. The Bertz CT molecular complexity index is 509. The fraction of sp³-hybridized carbons (Fsp3) is 0.545. The van der Waals surface area contributed by atoms with E-state index >= 15 is 0 Å². The van der Waals surface area contributed by atoms with Crippen molar-refractivity contribution in [2.24, 2.45) is 13.0 Å². The zero-order chi connectivity index (χ0) is 12.6. The van der Waals surface area contributed by atoms with Gasteiger partial charge in [-0.05, 0) is 13.3 Å². The van der Waals surface area contributed by atoms with Crippen molar-refractivity contribution in [3.8, 4) is 0 Å². The Morgan fingerprint density at radius 2 is 2.29 bits per heavy atom. The standard InChI is InChI=1S/C11H15N3O3/c1-7-5-9(15)13(2)11(12-7)14-4-3-8(6-14)10(16)17/h5,8H,3-4,6H2,1-2H3,(H,16,17). The summed E-state index contributed by atoms with van der Waals surface area (Å²) in [6, 6.07) is 1.47. The molecule has 2 rings (SSSR count). The molecule has 1 aromatic rings. The first-order valence-corrected chi connectivity index (χ1v) is 5.51. The average molecular weight is 237 g/mol. The topological polar surface area (TPSA) is 75.4 Å². The van der Waals surface area contributed by atoms with E-state index in [9.17, 15) is 9.59 Å². The number of carbonyl (C=O) groups is 1. The Kier molecular flexibility index (Phi) is 2.87. The second-order valence-electron chi connectivity index (χ2n) is 4.36. The minimum atomic E-state index is -0.787. The smallest absolute Gasteiger partial charge is 0.308 e. The van der Waals surface area contributed by atoms with E-state index in [4.69, 9.17) is 5.11 Å². The van der Waals surface area contributed by atoms with Crippen LogP contribution in [0.1, 0.15) is 12.1 Å². The second kappa shape index (κ2) is 4.20. The van der Waals surface area contributed by atoms with E-state index in [0.29, 0.717) is 31.2 Å². The van der Waals surface area contributed by atoms with Gasteiger partial charge in [-0.25, -0.2) is 4.98 Å². The lowest BCUT2D eigenvalue weighted by Crippen LogP contribution is -2.31. The van der Waals surface area contributed by atoms with Crippen LogP contribution in [0.25, 0.3) is 0 Å². The van der Waals surface area contributed by atoms with Crippen LogP contribution in [0, 0.1) is 12.8 Å². The molecule has 6 heteroatoms. The van der Waals surface area contributed by atoms with Crippen LogP contribution >= 0.6 is 0 Å². The molecule has 92 valence electrons. The molecule has 1 N–H and O–H groups in total. The van der Waals surface area contributed by atoms with Crippen molar-refractivity contribution in [1.82, 2.24) is 9.55 Å². The predicted molar refractivity (Wildman–Crippen MR) is 62.2 cm³/mol. The van der Waals surface area contributed by atoms with Gasteiger partial charge < -0.3 is 10.0 Å². The van der Waals surface area contributed by atoms with Crippen molar-refractivity contribution in [3.05, 3.63) is 22.1 Å². The molecule has 0 bridgehead atoms. The number of rotatable bonds is 2. The molecule has 0 amide bonds. The molecule has 0 radical (unpaired) electrons. The van der Waals surface area contributed by atoms with Crippen molar-refractivity contribution in [1.29, 1.82) is 0 Å². The van der Waals surface area contributed by atoms with E-state index in [-0.39, 0.29) is 11.5 Å². The summed E-state index contributed by atoms with van der Waals surface area (Å²) >= 11 is 0. The van der Waals surface area contributed by atoms with E-state index in [0.717, 1.165) is 0 Å². The van der Waals surface area contributed by atoms with Gasteiger partial charge in [0.15, 0.2) is 0 Å². The zero-order valence-corrected chi connectivity index (χ0v) is 9.88. The van der Waals surface area contributed by atoms with Crippen molar-refractivity contribution in [2.45, 2.75) is 13.3 Å². The Hall–Kier alpha value is -1.85. The van der Waals surface area contributed by atoms with E-state index in [2.05, 4.69) is 4.98 Å². The third-order valence-corrected chi connectivity index (χ3v) is 3.06. The Labute approximate surface area is 98.5 Å². The van der Waals surface area contributed by atoms with Gasteiger partial charge >= 0.3 is 5.97 Å². The van der Waals surface area contributed by atoms with Crippen LogP contribution < -0.4 is 10.5 Å². The number of hydrogen-bond acceptors (Lipinski definition) is 4. The number of anilines is 1. The molecule has 1 atom stereocenters. The van der Waals surface area contributed by atoms with Gasteiger partial charge in [-0.1, -0.05) is 0 Å². The molecule has 1 saturated heterocycles. The van der Waals surface area contributed by atoms with Crippen LogP contribution in [0.5, 0.6) is 0 Å². The Balaban J connectivity index is 2.30. The first kappa shape index (κ1) is 11.6. The molecule has 1 aliphatic rings. The summed E-state index contributed by atoms with van der Waals surface area (Å²) in [5.74, 6) is -0.601. The molecule has 6 nitrogen and oxygen atoms in total. The second-order valence-corrected chi connectivity index (χ2v) is 4.36. The molecule has 17 heavy (non-hydrogen) atoms. The molecule has 0 spiro atoms. The summed E-state index contributed by atoms with van der Waals surface area (Å²) in [5, 5.41) is 8.94. The highest BCUT2D eigenvalue weighted by Gasteiger charge is 2.29. The Morgan fingerprint density at radius 1 is 1.59 bits per heavy atom. The maximum atomic E-state index is 11.6. The highest BCUT2D eigenvalue weighted by molar-refractivity contribution is 5.71. The highest BCUT2D eigenvalue weighted by Crippen LogP contribution is 2.21. The normalized spacial score (nSPS) is 19.6. The van der Waals surface area contributed by atoms with Crippen LogP contribution in [0.3, 0.4) is 0 Å². The van der Waals surface area contributed by atoms with Crippen LogP contribution in [0.4, 0.5) is 5.95 Å². The third-order valence-electron chi connectivity index (χ3n) is 3.06. The van der Waals surface area contributed by atoms with E-state index in [1.165, 1.54) is 10.6 Å². The largest absolute Gasteiger partial charge is 0.481 e. The number of hydrogen-bond donors (Lipinski definition) is 1. The lowest BCUT2D eigenvalue weighted by Gasteiger charge is -2.19. The Morgan fingerprint density at radius 3 is 2.88 bits per heavy atom. The SMILES string of the molecule is Cc1cc(=O)n(C)c(N2CCC(C(=O)O)C2)n1. The maximum absolute atomic E-state index is 11.6. The monoisotopic (exact) mass is 237 g/mol. The number of carboxylic acids is 1. The van der Waals surface area contributed by atoms with Gasteiger partial charge in [0.1, 0.15) is 0 Å². The van der Waals surface area contributed by atoms with Gasteiger partial charge in [0, 0.05) is 31.9 Å². The molecule has 2 heterocycles. The minimum absolute atomic E-state index is 0.119. The number of carboxylic acid groups (broad SMARTS) is 1. The molecule has 0 saturated carbocycles. The lowest BCUT2D eigenvalue weighted by molar-refractivity contribution is -0.140. The number of aryl methyl sites for hydroxylation is 1.